The van der Waals surface area contributed by atoms with Crippen LogP contribution >= 0.6 is 0 Å². The average Bonchev–Trinajstić information content (AvgIpc) is 3.46. The van der Waals surface area contributed by atoms with Gasteiger partial charge in [-0.3, -0.25) is 14.6 Å². The molecule has 0 aliphatic rings. The fourth-order valence-electron chi connectivity index (χ4n) is 4.03. The van der Waals surface area contributed by atoms with Gasteiger partial charge in [0.15, 0.2) is 23.0 Å². The first-order valence-corrected chi connectivity index (χ1v) is 11.9. The number of hydrogen-bond donors (Lipinski definition) is 3. The molecule has 3 N–H and O–H groups in total. The Bertz CT molecular complexity index is 1670. The molecule has 5 rings (SSSR count). The summed E-state index contributed by atoms with van der Waals surface area (Å²) in [5.74, 6) is 0.936. The van der Waals surface area contributed by atoms with Gasteiger partial charge in [-0.15, -0.1) is 0 Å². The molecule has 0 aliphatic carbocycles. The molecule has 3 heterocycles. The quantitative estimate of drug-likeness (QED) is 0.276. The number of rotatable bonds is 8. The van der Waals surface area contributed by atoms with Gasteiger partial charge < -0.3 is 29.8 Å². The van der Waals surface area contributed by atoms with Crippen molar-refractivity contribution >= 4 is 34.7 Å². The Morgan fingerprint density at radius 1 is 0.897 bits per heavy atom. The van der Waals surface area contributed by atoms with Gasteiger partial charge in [-0.1, -0.05) is 6.07 Å². The number of anilines is 3. The predicted octanol–water partition coefficient (Wildman–Crippen LogP) is 4.16. The van der Waals surface area contributed by atoms with Crippen LogP contribution in [0.5, 0.6) is 11.5 Å². The zero-order valence-electron chi connectivity index (χ0n) is 21.4. The van der Waals surface area contributed by atoms with Crippen molar-refractivity contribution in [2.75, 3.05) is 31.9 Å². The second-order valence-electron chi connectivity index (χ2n) is 8.34. The Kier molecular flexibility index (Phi) is 7.04. The average molecular weight is 524 g/mol. The first kappa shape index (κ1) is 25.2. The number of benzene rings is 2. The van der Waals surface area contributed by atoms with E-state index in [0.29, 0.717) is 51.2 Å². The van der Waals surface area contributed by atoms with Crippen LogP contribution in [-0.2, 0) is 0 Å². The third-order valence-electron chi connectivity index (χ3n) is 5.95. The molecule has 0 bridgehead atoms. The predicted molar refractivity (Wildman–Crippen MR) is 147 cm³/mol. The van der Waals surface area contributed by atoms with E-state index in [1.807, 2.05) is 10.5 Å². The number of fused-ring (bicyclic) bond motifs is 1. The molecule has 2 amide bonds. The zero-order valence-corrected chi connectivity index (χ0v) is 21.4. The Labute approximate surface area is 223 Å². The highest BCUT2D eigenvalue weighted by Gasteiger charge is 2.18. The molecule has 0 unspecified atom stereocenters. The van der Waals surface area contributed by atoms with Gasteiger partial charge in [-0.25, -0.2) is 9.97 Å². The topological polar surface area (TPSA) is 132 Å². The molecule has 0 radical (unpaired) electrons. The number of aromatic nitrogens is 4. The largest absolute Gasteiger partial charge is 0.493 e. The molecule has 39 heavy (non-hydrogen) atoms. The number of nitrogens with one attached hydrogen (secondary N) is 3. The second kappa shape index (κ2) is 10.9. The van der Waals surface area contributed by atoms with E-state index in [1.54, 1.807) is 94.6 Å². The van der Waals surface area contributed by atoms with Gasteiger partial charge in [0.25, 0.3) is 11.8 Å². The molecule has 2 aromatic carbocycles. The first-order valence-electron chi connectivity index (χ1n) is 11.9. The van der Waals surface area contributed by atoms with Gasteiger partial charge >= 0.3 is 0 Å². The molecule has 0 saturated carbocycles. The molecule has 0 aliphatic heterocycles. The second-order valence-corrected chi connectivity index (χ2v) is 8.34. The van der Waals surface area contributed by atoms with Crippen LogP contribution in [-0.4, -0.2) is 52.4 Å². The molecule has 3 aromatic heterocycles. The van der Waals surface area contributed by atoms with Gasteiger partial charge in [0.2, 0.25) is 0 Å². The Morgan fingerprint density at radius 3 is 2.49 bits per heavy atom. The molecular formula is C28H25N7O4. The third-order valence-corrected chi connectivity index (χ3v) is 5.95. The van der Waals surface area contributed by atoms with Crippen molar-refractivity contribution in [2.24, 2.45) is 0 Å². The number of carbonyl (C=O) groups excluding carboxylic acids is 2. The van der Waals surface area contributed by atoms with E-state index in [4.69, 9.17) is 14.5 Å². The monoisotopic (exact) mass is 523 g/mol. The van der Waals surface area contributed by atoms with E-state index in [9.17, 15) is 9.59 Å². The van der Waals surface area contributed by atoms with Crippen molar-refractivity contribution in [3.63, 3.8) is 0 Å². The lowest BCUT2D eigenvalue weighted by atomic mass is 10.0. The van der Waals surface area contributed by atoms with Crippen molar-refractivity contribution in [1.29, 1.82) is 0 Å². The van der Waals surface area contributed by atoms with Crippen LogP contribution in [0.1, 0.15) is 20.8 Å². The fraction of sp³-hybridized carbons (Fsp3) is 0.107. The summed E-state index contributed by atoms with van der Waals surface area (Å²) in [5, 5.41) is 8.83. The number of carbonyl (C=O) groups is 2. The van der Waals surface area contributed by atoms with Gasteiger partial charge in [0.05, 0.1) is 25.6 Å². The van der Waals surface area contributed by atoms with Gasteiger partial charge in [0, 0.05) is 54.7 Å². The van der Waals surface area contributed by atoms with E-state index in [2.05, 4.69) is 25.9 Å². The molecule has 0 atom stereocenters. The Balaban J connectivity index is 1.60. The summed E-state index contributed by atoms with van der Waals surface area (Å²) in [6.45, 7) is 0. The van der Waals surface area contributed by atoms with Crippen molar-refractivity contribution < 1.29 is 19.1 Å². The van der Waals surface area contributed by atoms with E-state index >= 15 is 0 Å². The minimum atomic E-state index is -0.392. The maximum Gasteiger partial charge on any atom is 0.274 e. The summed E-state index contributed by atoms with van der Waals surface area (Å²) in [6.07, 6.45) is 6.77. The lowest BCUT2D eigenvalue weighted by Crippen LogP contribution is -2.19. The van der Waals surface area contributed by atoms with Crippen molar-refractivity contribution in [3.05, 3.63) is 90.6 Å². The Morgan fingerprint density at radius 2 is 1.74 bits per heavy atom. The summed E-state index contributed by atoms with van der Waals surface area (Å²) in [6, 6.07) is 15.5. The number of pyridine rings is 1. The van der Waals surface area contributed by atoms with E-state index in [1.165, 1.54) is 0 Å². The summed E-state index contributed by atoms with van der Waals surface area (Å²) < 4.78 is 12.6. The maximum absolute atomic E-state index is 12.9. The number of hydrogen-bond acceptors (Lipinski definition) is 8. The van der Waals surface area contributed by atoms with Crippen molar-refractivity contribution in [2.45, 2.75) is 0 Å². The third kappa shape index (κ3) is 5.18. The molecule has 11 nitrogen and oxygen atoms in total. The summed E-state index contributed by atoms with van der Waals surface area (Å²) >= 11 is 0. The molecule has 0 saturated heterocycles. The molecule has 5 aromatic rings. The minimum Gasteiger partial charge on any atom is -0.493 e. The number of amides is 2. The molecule has 0 fully saturated rings. The molecule has 196 valence electrons. The zero-order chi connectivity index (χ0) is 27.4. The van der Waals surface area contributed by atoms with Gasteiger partial charge in [-0.2, -0.15) is 0 Å². The lowest BCUT2D eigenvalue weighted by Gasteiger charge is -2.15. The molecular weight excluding hydrogens is 498 g/mol. The lowest BCUT2D eigenvalue weighted by molar-refractivity contribution is 0.0962. The summed E-state index contributed by atoms with van der Waals surface area (Å²) in [7, 11) is 4.69. The first-order chi connectivity index (χ1) is 19.0. The smallest absolute Gasteiger partial charge is 0.274 e. The number of nitrogens with zero attached hydrogens (tertiary/aromatic N) is 4. The van der Waals surface area contributed by atoms with E-state index in [0.717, 1.165) is 0 Å². The number of ether oxygens (including phenoxy) is 2. The van der Waals surface area contributed by atoms with Crippen LogP contribution in [0.4, 0.5) is 17.2 Å². The SMILES string of the molecule is CNC(=O)c1ccc(NC(=O)c2ccccn2)c(-c2cn3ccnc3c(Nc3ccc(OC)c(OC)c3)n2)c1. The Hall–Kier alpha value is -5.45. The highest BCUT2D eigenvalue weighted by atomic mass is 16.5. The molecule has 0 spiro atoms. The van der Waals surface area contributed by atoms with Crippen LogP contribution in [0.25, 0.3) is 16.9 Å². The van der Waals surface area contributed by atoms with Crippen LogP contribution in [0.2, 0.25) is 0 Å². The highest BCUT2D eigenvalue weighted by Crippen LogP contribution is 2.34. The van der Waals surface area contributed by atoms with Crippen LogP contribution in [0.15, 0.2) is 79.4 Å². The van der Waals surface area contributed by atoms with Crippen molar-refractivity contribution in [3.8, 4) is 22.8 Å². The standard InChI is InChI=1S/C28H25N7O4/c1-29-27(36)17-7-9-20(34-28(37)21-6-4-5-11-30-21)19(14-17)22-16-35-13-12-31-26(35)25(33-22)32-18-8-10-23(38-2)24(15-18)39-3/h4-16H,1-3H3,(H,29,36)(H,32,33)(H,34,37). The van der Waals surface area contributed by atoms with Gasteiger partial charge in [0.1, 0.15) is 5.69 Å². The maximum atomic E-state index is 12.9. The highest BCUT2D eigenvalue weighted by molar-refractivity contribution is 6.06. The van der Waals surface area contributed by atoms with Gasteiger partial charge in [-0.05, 0) is 42.5 Å². The number of imidazole rings is 1. The van der Waals surface area contributed by atoms with E-state index < -0.39 is 5.91 Å². The summed E-state index contributed by atoms with van der Waals surface area (Å²) in [5.41, 5.74) is 3.43. The normalized spacial score (nSPS) is 10.6. The number of methoxy groups -OCH3 is 2. The fourth-order valence-corrected chi connectivity index (χ4v) is 4.03. The van der Waals surface area contributed by atoms with Crippen molar-refractivity contribution in [1.82, 2.24) is 24.7 Å². The van der Waals surface area contributed by atoms with Crippen LogP contribution in [0.3, 0.4) is 0 Å². The van der Waals surface area contributed by atoms with E-state index in [-0.39, 0.29) is 11.6 Å². The van der Waals surface area contributed by atoms with Crippen LogP contribution in [0, 0.1) is 0 Å². The minimum absolute atomic E-state index is 0.257. The van der Waals surface area contributed by atoms with Crippen LogP contribution < -0.4 is 25.4 Å². The summed E-state index contributed by atoms with van der Waals surface area (Å²) in [4.78, 5) is 38.8. The molecule has 11 heteroatoms.